The van der Waals surface area contributed by atoms with E-state index in [2.05, 4.69) is 27.4 Å². The summed E-state index contributed by atoms with van der Waals surface area (Å²) in [4.78, 5) is 7.60. The summed E-state index contributed by atoms with van der Waals surface area (Å²) in [5, 5.41) is 12.0. The van der Waals surface area contributed by atoms with Crippen LogP contribution in [0.5, 0.6) is 0 Å². The number of rotatable bonds is 6. The Hall–Kier alpha value is -1.43. The van der Waals surface area contributed by atoms with E-state index in [9.17, 15) is 0 Å². The van der Waals surface area contributed by atoms with Gasteiger partial charge in [-0.25, -0.2) is 4.98 Å². The predicted octanol–water partition coefficient (Wildman–Crippen LogP) is 0.323. The average molecular weight is 248 g/mol. The number of benzene rings is 1. The minimum atomic E-state index is -0.178. The van der Waals surface area contributed by atoms with Crippen molar-refractivity contribution in [2.24, 2.45) is 5.73 Å². The van der Waals surface area contributed by atoms with Gasteiger partial charge in [-0.1, -0.05) is 6.07 Å². The number of aliphatic hydroxyl groups is 1. The first-order chi connectivity index (χ1) is 8.69. The van der Waals surface area contributed by atoms with Gasteiger partial charge in [-0.05, 0) is 37.6 Å². The fourth-order valence-corrected chi connectivity index (χ4v) is 1.92. The highest BCUT2D eigenvalue weighted by Crippen LogP contribution is 2.13. The van der Waals surface area contributed by atoms with Crippen LogP contribution in [-0.2, 0) is 6.42 Å². The smallest absolute Gasteiger partial charge is 0.104 e. The normalized spacial score (nSPS) is 13.1. The van der Waals surface area contributed by atoms with Crippen molar-refractivity contribution in [3.8, 4) is 0 Å². The molecule has 1 heterocycles. The lowest BCUT2D eigenvalue weighted by Gasteiger charge is -2.09. The highest BCUT2D eigenvalue weighted by Gasteiger charge is 2.02. The van der Waals surface area contributed by atoms with Crippen molar-refractivity contribution in [3.05, 3.63) is 29.6 Å². The van der Waals surface area contributed by atoms with Gasteiger partial charge in [0.15, 0.2) is 0 Å². The average Bonchev–Trinajstić information content (AvgIpc) is 2.73. The van der Waals surface area contributed by atoms with Gasteiger partial charge in [-0.2, -0.15) is 0 Å². The van der Waals surface area contributed by atoms with Gasteiger partial charge in [-0.15, -0.1) is 0 Å². The zero-order valence-corrected chi connectivity index (χ0v) is 10.6. The number of H-pyrrole nitrogens is 1. The molecule has 2 rings (SSSR count). The Bertz CT molecular complexity index is 509. The van der Waals surface area contributed by atoms with Crippen LogP contribution < -0.4 is 11.1 Å². The maximum absolute atomic E-state index is 8.80. The summed E-state index contributed by atoms with van der Waals surface area (Å²) >= 11 is 0. The minimum absolute atomic E-state index is 0.0202. The third-order valence-electron chi connectivity index (χ3n) is 2.90. The highest BCUT2D eigenvalue weighted by molar-refractivity contribution is 5.75. The molecule has 5 heteroatoms. The number of aliphatic hydroxyl groups excluding tert-OH is 1. The summed E-state index contributed by atoms with van der Waals surface area (Å²) in [6, 6.07) is 6.08. The Labute approximate surface area is 106 Å². The molecule has 1 aromatic carbocycles. The number of nitrogens with one attached hydrogen (secondary N) is 2. The van der Waals surface area contributed by atoms with E-state index in [1.165, 1.54) is 5.56 Å². The lowest BCUT2D eigenvalue weighted by Crippen LogP contribution is -2.37. The molecule has 0 saturated carbocycles. The van der Waals surface area contributed by atoms with Crippen LogP contribution >= 0.6 is 0 Å². The molecule has 0 radical (unpaired) electrons. The zero-order valence-electron chi connectivity index (χ0n) is 10.6. The van der Waals surface area contributed by atoms with Gasteiger partial charge < -0.3 is 21.1 Å². The topological polar surface area (TPSA) is 87.0 Å². The van der Waals surface area contributed by atoms with Gasteiger partial charge in [0.2, 0.25) is 0 Å². The van der Waals surface area contributed by atoms with Crippen LogP contribution in [0.15, 0.2) is 18.2 Å². The molecule has 0 spiro atoms. The molecule has 0 fully saturated rings. The van der Waals surface area contributed by atoms with Crippen molar-refractivity contribution in [1.29, 1.82) is 0 Å². The van der Waals surface area contributed by atoms with Crippen LogP contribution in [-0.4, -0.2) is 40.8 Å². The monoisotopic (exact) mass is 248 g/mol. The quantitative estimate of drug-likeness (QED) is 0.555. The van der Waals surface area contributed by atoms with Crippen molar-refractivity contribution in [3.63, 3.8) is 0 Å². The minimum Gasteiger partial charge on any atom is -0.395 e. The number of aromatic nitrogens is 2. The second kappa shape index (κ2) is 5.95. The molecular formula is C13H20N4O. The second-order valence-electron chi connectivity index (χ2n) is 4.57. The number of hydrogen-bond acceptors (Lipinski definition) is 4. The summed E-state index contributed by atoms with van der Waals surface area (Å²) in [5.41, 5.74) is 8.95. The number of hydrogen-bond donors (Lipinski definition) is 4. The van der Waals surface area contributed by atoms with Gasteiger partial charge in [0.25, 0.3) is 0 Å². The van der Waals surface area contributed by atoms with E-state index in [0.717, 1.165) is 29.8 Å². The SMILES string of the molecule is Cc1nc2ccc(CCNCC(N)CO)cc2[nH]1. The molecule has 0 bridgehead atoms. The molecule has 5 N–H and O–H groups in total. The van der Waals surface area contributed by atoms with Gasteiger partial charge in [0.1, 0.15) is 5.82 Å². The van der Waals surface area contributed by atoms with E-state index in [1.807, 2.05) is 13.0 Å². The fraction of sp³-hybridized carbons (Fsp3) is 0.462. The van der Waals surface area contributed by atoms with E-state index in [4.69, 9.17) is 10.8 Å². The number of imidazole rings is 1. The number of aromatic amines is 1. The van der Waals surface area contributed by atoms with Crippen molar-refractivity contribution in [1.82, 2.24) is 15.3 Å². The fourth-order valence-electron chi connectivity index (χ4n) is 1.92. The van der Waals surface area contributed by atoms with Gasteiger partial charge in [0.05, 0.1) is 17.6 Å². The van der Waals surface area contributed by atoms with Gasteiger partial charge >= 0.3 is 0 Å². The molecule has 0 aliphatic rings. The van der Waals surface area contributed by atoms with Gasteiger partial charge in [0, 0.05) is 12.6 Å². The summed E-state index contributed by atoms with van der Waals surface area (Å²) in [6.07, 6.45) is 0.937. The molecule has 1 unspecified atom stereocenters. The maximum atomic E-state index is 8.80. The number of aryl methyl sites for hydroxylation is 1. The number of fused-ring (bicyclic) bond motifs is 1. The van der Waals surface area contributed by atoms with Crippen molar-refractivity contribution in [2.45, 2.75) is 19.4 Å². The molecular weight excluding hydrogens is 228 g/mol. The summed E-state index contributed by atoms with van der Waals surface area (Å²) in [5.74, 6) is 0.939. The van der Waals surface area contributed by atoms with Crippen LogP contribution in [0.2, 0.25) is 0 Å². The second-order valence-corrected chi connectivity index (χ2v) is 4.57. The van der Waals surface area contributed by atoms with Crippen LogP contribution in [0, 0.1) is 6.92 Å². The zero-order chi connectivity index (χ0) is 13.0. The Morgan fingerprint density at radius 1 is 1.50 bits per heavy atom. The summed E-state index contributed by atoms with van der Waals surface area (Å²) in [7, 11) is 0. The van der Waals surface area contributed by atoms with Crippen LogP contribution in [0.3, 0.4) is 0 Å². The Morgan fingerprint density at radius 3 is 3.11 bits per heavy atom. The predicted molar refractivity (Wildman–Crippen MR) is 72.5 cm³/mol. The van der Waals surface area contributed by atoms with E-state index in [0.29, 0.717) is 6.54 Å². The molecule has 98 valence electrons. The first kappa shape index (κ1) is 13.0. The Balaban J connectivity index is 1.87. The summed E-state index contributed by atoms with van der Waals surface area (Å²) < 4.78 is 0. The van der Waals surface area contributed by atoms with E-state index in [-0.39, 0.29) is 12.6 Å². The molecule has 0 saturated heterocycles. The standard InChI is InChI=1S/C13H20N4O/c1-9-16-12-3-2-10(6-13(12)17-9)4-5-15-7-11(14)8-18/h2-3,6,11,15,18H,4-5,7-8,14H2,1H3,(H,16,17). The van der Waals surface area contributed by atoms with Gasteiger partial charge in [-0.3, -0.25) is 0 Å². The first-order valence-corrected chi connectivity index (χ1v) is 6.21. The third-order valence-corrected chi connectivity index (χ3v) is 2.90. The van der Waals surface area contributed by atoms with E-state index < -0.39 is 0 Å². The van der Waals surface area contributed by atoms with Crippen molar-refractivity contribution < 1.29 is 5.11 Å². The Morgan fingerprint density at radius 2 is 2.33 bits per heavy atom. The summed E-state index contributed by atoms with van der Waals surface area (Å²) in [6.45, 7) is 3.47. The highest BCUT2D eigenvalue weighted by atomic mass is 16.3. The molecule has 1 aromatic heterocycles. The van der Waals surface area contributed by atoms with Crippen molar-refractivity contribution in [2.75, 3.05) is 19.7 Å². The maximum Gasteiger partial charge on any atom is 0.104 e. The molecule has 5 nitrogen and oxygen atoms in total. The number of nitrogens with zero attached hydrogens (tertiary/aromatic N) is 1. The largest absolute Gasteiger partial charge is 0.395 e. The van der Waals surface area contributed by atoms with Crippen molar-refractivity contribution >= 4 is 11.0 Å². The molecule has 0 amide bonds. The molecule has 2 aromatic rings. The lowest BCUT2D eigenvalue weighted by atomic mass is 10.1. The van der Waals surface area contributed by atoms with E-state index in [1.54, 1.807) is 0 Å². The third kappa shape index (κ3) is 3.29. The molecule has 1 atom stereocenters. The first-order valence-electron chi connectivity index (χ1n) is 6.21. The lowest BCUT2D eigenvalue weighted by molar-refractivity contribution is 0.262. The van der Waals surface area contributed by atoms with Crippen LogP contribution in [0.1, 0.15) is 11.4 Å². The van der Waals surface area contributed by atoms with Crippen LogP contribution in [0.4, 0.5) is 0 Å². The molecule has 0 aliphatic carbocycles. The Kier molecular flexibility index (Phi) is 4.30. The van der Waals surface area contributed by atoms with Crippen LogP contribution in [0.25, 0.3) is 11.0 Å². The number of nitrogens with two attached hydrogens (primary N) is 1. The molecule has 18 heavy (non-hydrogen) atoms. The molecule has 0 aliphatic heterocycles. The van der Waals surface area contributed by atoms with E-state index >= 15 is 0 Å².